The lowest BCUT2D eigenvalue weighted by Crippen LogP contribution is -2.24. The SMILES string of the molecule is CCNC(Cc1c(Cl)c(C)nn1CC)c1ccoc1Br. The van der Waals surface area contributed by atoms with Crippen LogP contribution in [0.15, 0.2) is 21.4 Å². The predicted octanol–water partition coefficient (Wildman–Crippen LogP) is 4.11. The van der Waals surface area contributed by atoms with Gasteiger partial charge in [0.2, 0.25) is 0 Å². The van der Waals surface area contributed by atoms with E-state index < -0.39 is 0 Å². The number of likely N-dealkylation sites (N-methyl/N-ethyl adjacent to an activating group) is 1. The highest BCUT2D eigenvalue weighted by Crippen LogP contribution is 2.30. The van der Waals surface area contributed by atoms with Gasteiger partial charge in [-0.1, -0.05) is 18.5 Å². The second-order valence-corrected chi connectivity index (χ2v) is 5.72. The highest BCUT2D eigenvalue weighted by Gasteiger charge is 2.21. The Morgan fingerprint density at radius 1 is 1.50 bits per heavy atom. The molecule has 0 aliphatic heterocycles. The van der Waals surface area contributed by atoms with Crippen LogP contribution in [0.25, 0.3) is 0 Å². The summed E-state index contributed by atoms with van der Waals surface area (Å²) in [6, 6.07) is 2.12. The van der Waals surface area contributed by atoms with Crippen molar-refractivity contribution in [3.63, 3.8) is 0 Å². The molecule has 110 valence electrons. The minimum atomic E-state index is 0.145. The molecule has 6 heteroatoms. The fourth-order valence-electron chi connectivity index (χ4n) is 2.35. The van der Waals surface area contributed by atoms with Crippen molar-refractivity contribution in [2.24, 2.45) is 0 Å². The number of nitrogens with one attached hydrogen (secondary N) is 1. The Morgan fingerprint density at radius 3 is 2.80 bits per heavy atom. The molecule has 20 heavy (non-hydrogen) atoms. The van der Waals surface area contributed by atoms with Crippen LogP contribution in [0.1, 0.15) is 36.8 Å². The summed E-state index contributed by atoms with van der Waals surface area (Å²) in [5.74, 6) is 0. The van der Waals surface area contributed by atoms with Crippen LogP contribution >= 0.6 is 27.5 Å². The smallest absolute Gasteiger partial charge is 0.173 e. The lowest BCUT2D eigenvalue weighted by molar-refractivity contribution is 0.492. The molecular formula is C14H19BrClN3O. The molecule has 0 aliphatic carbocycles. The normalized spacial score (nSPS) is 12.8. The van der Waals surface area contributed by atoms with E-state index in [-0.39, 0.29) is 6.04 Å². The lowest BCUT2D eigenvalue weighted by atomic mass is 10.0. The van der Waals surface area contributed by atoms with E-state index >= 15 is 0 Å². The monoisotopic (exact) mass is 359 g/mol. The molecule has 0 bridgehead atoms. The van der Waals surface area contributed by atoms with E-state index in [9.17, 15) is 0 Å². The standard InChI is InChI=1S/C14H19BrClN3O/c1-4-17-11(10-6-7-20-14(10)15)8-12-13(16)9(3)18-19(12)5-2/h6-7,11,17H,4-5,8H2,1-3H3. The molecule has 0 radical (unpaired) electrons. The maximum Gasteiger partial charge on any atom is 0.173 e. The average Bonchev–Trinajstić information content (AvgIpc) is 2.96. The number of hydrogen-bond donors (Lipinski definition) is 1. The molecule has 0 saturated heterocycles. The van der Waals surface area contributed by atoms with Gasteiger partial charge in [-0.25, -0.2) is 0 Å². The van der Waals surface area contributed by atoms with Gasteiger partial charge < -0.3 is 9.73 Å². The summed E-state index contributed by atoms with van der Waals surface area (Å²) in [6.07, 6.45) is 2.47. The van der Waals surface area contributed by atoms with Gasteiger partial charge in [-0.15, -0.1) is 0 Å². The molecular weight excluding hydrogens is 342 g/mol. The Balaban J connectivity index is 2.31. The summed E-state index contributed by atoms with van der Waals surface area (Å²) in [5, 5.41) is 8.70. The first-order chi connectivity index (χ1) is 9.58. The molecule has 1 atom stereocenters. The largest absolute Gasteiger partial charge is 0.457 e. The number of aryl methyl sites for hydroxylation is 2. The first kappa shape index (κ1) is 15.6. The Hall–Kier alpha value is -0.780. The Morgan fingerprint density at radius 2 is 2.25 bits per heavy atom. The molecule has 1 unspecified atom stereocenters. The molecule has 2 heterocycles. The minimum absolute atomic E-state index is 0.145. The molecule has 0 aromatic carbocycles. The summed E-state index contributed by atoms with van der Waals surface area (Å²) in [7, 11) is 0. The van der Waals surface area contributed by atoms with Gasteiger partial charge in [0, 0.05) is 24.6 Å². The second kappa shape index (κ2) is 6.78. The second-order valence-electron chi connectivity index (χ2n) is 4.63. The zero-order valence-corrected chi connectivity index (χ0v) is 14.3. The van der Waals surface area contributed by atoms with E-state index in [1.807, 2.05) is 17.7 Å². The van der Waals surface area contributed by atoms with Gasteiger partial charge in [-0.2, -0.15) is 5.10 Å². The molecule has 0 fully saturated rings. The van der Waals surface area contributed by atoms with Crippen molar-refractivity contribution in [3.05, 3.63) is 39.0 Å². The number of halogens is 2. The molecule has 1 N–H and O–H groups in total. The van der Waals surface area contributed by atoms with E-state index in [1.165, 1.54) is 0 Å². The summed E-state index contributed by atoms with van der Waals surface area (Å²) in [5.41, 5.74) is 3.04. The van der Waals surface area contributed by atoms with Gasteiger partial charge in [0.15, 0.2) is 4.67 Å². The molecule has 2 rings (SSSR count). The number of hydrogen-bond acceptors (Lipinski definition) is 3. The Labute approximate surface area is 132 Å². The summed E-state index contributed by atoms with van der Waals surface area (Å²) in [4.78, 5) is 0. The van der Waals surface area contributed by atoms with E-state index in [0.717, 1.165) is 46.2 Å². The van der Waals surface area contributed by atoms with Gasteiger partial charge in [-0.05, 0) is 42.4 Å². The number of aromatic nitrogens is 2. The summed E-state index contributed by atoms with van der Waals surface area (Å²) < 4.78 is 8.07. The third kappa shape index (κ3) is 3.10. The van der Waals surface area contributed by atoms with Crippen LogP contribution in [-0.2, 0) is 13.0 Å². The Kier molecular flexibility index (Phi) is 5.29. The average molecular weight is 361 g/mol. The molecule has 4 nitrogen and oxygen atoms in total. The molecule has 2 aromatic rings. The van der Waals surface area contributed by atoms with Crippen LogP contribution in [0.5, 0.6) is 0 Å². The van der Waals surface area contributed by atoms with Crippen LogP contribution in [0.3, 0.4) is 0 Å². The first-order valence-electron chi connectivity index (χ1n) is 6.76. The lowest BCUT2D eigenvalue weighted by Gasteiger charge is -2.18. The van der Waals surface area contributed by atoms with Crippen LogP contribution in [0.2, 0.25) is 5.02 Å². The minimum Gasteiger partial charge on any atom is -0.457 e. The van der Waals surface area contributed by atoms with Gasteiger partial charge >= 0.3 is 0 Å². The molecule has 2 aromatic heterocycles. The maximum atomic E-state index is 6.39. The van der Waals surface area contributed by atoms with Gasteiger partial charge in [0.25, 0.3) is 0 Å². The number of furan rings is 1. The van der Waals surface area contributed by atoms with Crippen molar-refractivity contribution < 1.29 is 4.42 Å². The first-order valence-corrected chi connectivity index (χ1v) is 7.93. The highest BCUT2D eigenvalue weighted by atomic mass is 79.9. The zero-order valence-electron chi connectivity index (χ0n) is 11.9. The van der Waals surface area contributed by atoms with Crippen LogP contribution in [-0.4, -0.2) is 16.3 Å². The molecule has 0 aliphatic rings. The van der Waals surface area contributed by atoms with Crippen LogP contribution in [0, 0.1) is 6.92 Å². The fourth-order valence-corrected chi connectivity index (χ4v) is 3.08. The van der Waals surface area contributed by atoms with E-state index in [4.69, 9.17) is 16.0 Å². The van der Waals surface area contributed by atoms with Gasteiger partial charge in [-0.3, -0.25) is 4.68 Å². The van der Waals surface area contributed by atoms with Gasteiger partial charge in [0.05, 0.1) is 22.7 Å². The fraction of sp³-hybridized carbons (Fsp3) is 0.500. The van der Waals surface area contributed by atoms with Crippen molar-refractivity contribution >= 4 is 27.5 Å². The van der Waals surface area contributed by atoms with Crippen LogP contribution in [0.4, 0.5) is 0 Å². The van der Waals surface area contributed by atoms with E-state index in [0.29, 0.717) is 0 Å². The summed E-state index contributed by atoms with van der Waals surface area (Å²) in [6.45, 7) is 7.79. The number of nitrogens with zero attached hydrogens (tertiary/aromatic N) is 2. The van der Waals surface area contributed by atoms with Crippen molar-refractivity contribution in [3.8, 4) is 0 Å². The van der Waals surface area contributed by atoms with Gasteiger partial charge in [0.1, 0.15) is 0 Å². The third-order valence-electron chi connectivity index (χ3n) is 3.32. The molecule has 0 amide bonds. The van der Waals surface area contributed by atoms with E-state index in [2.05, 4.69) is 40.2 Å². The highest BCUT2D eigenvalue weighted by molar-refractivity contribution is 9.10. The van der Waals surface area contributed by atoms with Crippen molar-refractivity contribution in [1.29, 1.82) is 0 Å². The van der Waals surface area contributed by atoms with Crippen molar-refractivity contribution in [2.45, 2.75) is 39.8 Å². The third-order valence-corrected chi connectivity index (χ3v) is 4.46. The summed E-state index contributed by atoms with van der Waals surface area (Å²) >= 11 is 9.84. The van der Waals surface area contributed by atoms with E-state index in [1.54, 1.807) is 6.26 Å². The maximum absolute atomic E-state index is 6.39. The topological polar surface area (TPSA) is 43.0 Å². The molecule has 0 saturated carbocycles. The van der Waals surface area contributed by atoms with Crippen LogP contribution < -0.4 is 5.32 Å². The number of rotatable bonds is 6. The predicted molar refractivity (Wildman–Crippen MR) is 84.2 cm³/mol. The Bertz CT molecular complexity index is 579. The van der Waals surface area contributed by atoms with Crippen molar-refractivity contribution in [1.82, 2.24) is 15.1 Å². The quantitative estimate of drug-likeness (QED) is 0.843. The zero-order chi connectivity index (χ0) is 14.7. The molecule has 0 spiro atoms. The van der Waals surface area contributed by atoms with Crippen molar-refractivity contribution in [2.75, 3.05) is 6.54 Å².